The zero-order valence-electron chi connectivity index (χ0n) is 12.1. The van der Waals surface area contributed by atoms with E-state index in [9.17, 15) is 9.36 Å². The Morgan fingerprint density at radius 2 is 1.95 bits per heavy atom. The van der Waals surface area contributed by atoms with Crippen LogP contribution in [0.25, 0.3) is 0 Å². The normalized spacial score (nSPS) is 14.2. The van der Waals surface area contributed by atoms with Crippen LogP contribution in [-0.4, -0.2) is 41.7 Å². The molecular weight excluding hydrogens is 271 g/mol. The fraction of sp³-hybridized carbons (Fsp3) is 0.917. The van der Waals surface area contributed by atoms with E-state index in [2.05, 4.69) is 0 Å². The summed E-state index contributed by atoms with van der Waals surface area (Å²) in [5.41, 5.74) is -0.353. The molecule has 0 aliphatic rings. The van der Waals surface area contributed by atoms with Gasteiger partial charge in [-0.25, -0.2) is 0 Å². The van der Waals surface area contributed by atoms with E-state index in [1.54, 1.807) is 13.8 Å². The Hall–Kier alpha value is -0.420. The highest BCUT2D eigenvalue weighted by molar-refractivity contribution is 7.51. The van der Waals surface area contributed by atoms with Gasteiger partial charge in [-0.3, -0.25) is 9.36 Å². The molecule has 0 saturated heterocycles. The molecule has 1 atom stereocenters. The first kappa shape index (κ1) is 18.6. The maximum absolute atomic E-state index is 11.4. The van der Waals surface area contributed by atoms with E-state index in [4.69, 9.17) is 19.3 Å². The van der Waals surface area contributed by atoms with Crippen LogP contribution < -0.4 is 0 Å². The molecular formula is C12H25O6P. The van der Waals surface area contributed by atoms with Crippen molar-refractivity contribution in [1.82, 2.24) is 0 Å². The smallest absolute Gasteiger partial charge is 0.325 e. The third-order valence-corrected chi connectivity index (χ3v) is 3.47. The second kappa shape index (κ2) is 8.00. The first-order chi connectivity index (χ1) is 8.56. The minimum atomic E-state index is -3.99. The van der Waals surface area contributed by atoms with Crippen LogP contribution in [0.2, 0.25) is 0 Å². The third kappa shape index (κ3) is 11.1. The molecule has 2 N–H and O–H groups in total. The predicted molar refractivity (Wildman–Crippen MR) is 71.9 cm³/mol. The summed E-state index contributed by atoms with van der Waals surface area (Å²) in [5, 5.41) is 0. The van der Waals surface area contributed by atoms with Crippen LogP contribution in [0.1, 0.15) is 34.1 Å². The Morgan fingerprint density at radius 1 is 1.37 bits per heavy atom. The van der Waals surface area contributed by atoms with E-state index in [-0.39, 0.29) is 36.5 Å². The van der Waals surface area contributed by atoms with Gasteiger partial charge in [0.2, 0.25) is 0 Å². The molecule has 7 heteroatoms. The van der Waals surface area contributed by atoms with Crippen molar-refractivity contribution in [3.63, 3.8) is 0 Å². The zero-order valence-corrected chi connectivity index (χ0v) is 13.0. The number of hydrogen-bond donors (Lipinski definition) is 2. The number of carbonyl (C=O) groups excluding carboxylic acids is 1. The van der Waals surface area contributed by atoms with Gasteiger partial charge in [-0.2, -0.15) is 0 Å². The van der Waals surface area contributed by atoms with Gasteiger partial charge in [-0.15, -0.1) is 0 Å². The van der Waals surface area contributed by atoms with E-state index in [1.165, 1.54) is 0 Å². The molecule has 0 heterocycles. The quantitative estimate of drug-likeness (QED) is 0.498. The summed E-state index contributed by atoms with van der Waals surface area (Å²) in [7, 11) is -3.99. The molecule has 6 nitrogen and oxygen atoms in total. The minimum Gasteiger partial charge on any atom is -0.466 e. The predicted octanol–water partition coefficient (Wildman–Crippen LogP) is 1.80. The number of rotatable bonds is 9. The maximum atomic E-state index is 11.4. The second-order valence-corrected chi connectivity index (χ2v) is 7.31. The molecule has 0 amide bonds. The van der Waals surface area contributed by atoms with Crippen LogP contribution in [0.15, 0.2) is 0 Å². The van der Waals surface area contributed by atoms with Crippen molar-refractivity contribution in [3.05, 3.63) is 0 Å². The van der Waals surface area contributed by atoms with Gasteiger partial charge in [0, 0.05) is 6.61 Å². The van der Waals surface area contributed by atoms with Crippen molar-refractivity contribution in [2.24, 2.45) is 11.3 Å². The van der Waals surface area contributed by atoms with Crippen LogP contribution in [0.5, 0.6) is 0 Å². The summed E-state index contributed by atoms with van der Waals surface area (Å²) in [6.45, 7) is 8.21. The summed E-state index contributed by atoms with van der Waals surface area (Å²) < 4.78 is 21.1. The molecule has 0 spiro atoms. The van der Waals surface area contributed by atoms with Gasteiger partial charge in [0.25, 0.3) is 0 Å². The van der Waals surface area contributed by atoms with Gasteiger partial charge in [0.05, 0.1) is 25.8 Å². The number of ether oxygens (including phenoxy) is 2. The molecule has 1 unspecified atom stereocenters. The summed E-state index contributed by atoms with van der Waals surface area (Å²) in [4.78, 5) is 29.0. The monoisotopic (exact) mass is 296 g/mol. The first-order valence-corrected chi connectivity index (χ1v) is 8.13. The molecule has 0 rings (SSSR count). The number of esters is 1. The lowest BCUT2D eigenvalue weighted by Gasteiger charge is -2.24. The largest absolute Gasteiger partial charge is 0.466 e. The first-order valence-electron chi connectivity index (χ1n) is 6.33. The van der Waals surface area contributed by atoms with Crippen LogP contribution in [0, 0.1) is 11.3 Å². The Kier molecular flexibility index (Phi) is 7.82. The summed E-state index contributed by atoms with van der Waals surface area (Å²) in [6, 6.07) is 0. The van der Waals surface area contributed by atoms with Crippen LogP contribution in [0.3, 0.4) is 0 Å². The highest BCUT2D eigenvalue weighted by Crippen LogP contribution is 2.36. The third-order valence-electron chi connectivity index (χ3n) is 2.37. The number of hydrogen-bond acceptors (Lipinski definition) is 4. The van der Waals surface area contributed by atoms with Crippen molar-refractivity contribution in [3.8, 4) is 0 Å². The van der Waals surface area contributed by atoms with E-state index in [0.29, 0.717) is 13.2 Å². The summed E-state index contributed by atoms with van der Waals surface area (Å²) >= 11 is 0. The fourth-order valence-electron chi connectivity index (χ4n) is 1.65. The van der Waals surface area contributed by atoms with E-state index in [1.807, 2.05) is 13.8 Å². The van der Waals surface area contributed by atoms with Crippen molar-refractivity contribution >= 4 is 13.6 Å². The summed E-state index contributed by atoms with van der Waals surface area (Å²) in [6.07, 6.45) is 0.0685. The Balaban J connectivity index is 3.98. The second-order valence-electron chi connectivity index (χ2n) is 5.61. The van der Waals surface area contributed by atoms with Gasteiger partial charge in [-0.05, 0) is 18.3 Å². The molecule has 0 aliphatic carbocycles. The van der Waals surface area contributed by atoms with Gasteiger partial charge in [-0.1, -0.05) is 20.8 Å². The summed E-state index contributed by atoms with van der Waals surface area (Å²) in [5.74, 6) is -0.487. The number of carbonyl (C=O) groups is 1. The molecule has 0 saturated carbocycles. The molecule has 0 radical (unpaired) electrons. The fourth-order valence-corrected chi connectivity index (χ4v) is 2.57. The Labute approximate surface area is 114 Å². The van der Waals surface area contributed by atoms with Crippen LogP contribution in [0.4, 0.5) is 0 Å². The molecule has 0 aromatic rings. The molecule has 0 aromatic carbocycles. The van der Waals surface area contributed by atoms with Crippen molar-refractivity contribution in [1.29, 1.82) is 0 Å². The van der Waals surface area contributed by atoms with Crippen molar-refractivity contribution in [2.45, 2.75) is 34.1 Å². The zero-order chi connectivity index (χ0) is 15.1. The van der Waals surface area contributed by atoms with Gasteiger partial charge < -0.3 is 19.3 Å². The molecule has 0 aromatic heterocycles. The van der Waals surface area contributed by atoms with Gasteiger partial charge in [0.15, 0.2) is 0 Å². The SMILES string of the molecule is CCOC(=O)CC(C)(C)COCC(C)CP(=O)(O)O. The average molecular weight is 296 g/mol. The van der Waals surface area contributed by atoms with Crippen LogP contribution in [-0.2, 0) is 18.8 Å². The standard InChI is InChI=1S/C12H25O6P/c1-5-18-11(13)6-12(3,4)9-17-7-10(2)8-19(14,15)16/h10H,5-9H2,1-4H3,(H2,14,15,16). The van der Waals surface area contributed by atoms with E-state index >= 15 is 0 Å². The lowest BCUT2D eigenvalue weighted by Crippen LogP contribution is -2.26. The van der Waals surface area contributed by atoms with E-state index in [0.717, 1.165) is 0 Å². The lowest BCUT2D eigenvalue weighted by molar-refractivity contribution is -0.146. The molecule has 19 heavy (non-hydrogen) atoms. The average Bonchev–Trinajstić information content (AvgIpc) is 2.12. The van der Waals surface area contributed by atoms with Gasteiger partial charge in [0.1, 0.15) is 0 Å². The molecule has 0 bridgehead atoms. The van der Waals surface area contributed by atoms with Crippen molar-refractivity contribution in [2.75, 3.05) is 26.0 Å². The Morgan fingerprint density at radius 3 is 2.42 bits per heavy atom. The highest BCUT2D eigenvalue weighted by atomic mass is 31.2. The topological polar surface area (TPSA) is 93.1 Å². The highest BCUT2D eigenvalue weighted by Gasteiger charge is 2.24. The minimum absolute atomic E-state index is 0.189. The van der Waals surface area contributed by atoms with Crippen molar-refractivity contribution < 1.29 is 28.6 Å². The molecule has 0 fully saturated rings. The molecule has 114 valence electrons. The van der Waals surface area contributed by atoms with E-state index < -0.39 is 7.60 Å². The van der Waals surface area contributed by atoms with Crippen LogP contribution >= 0.6 is 7.60 Å². The lowest BCUT2D eigenvalue weighted by atomic mass is 9.90. The maximum Gasteiger partial charge on any atom is 0.325 e. The Bertz CT molecular complexity index is 322. The molecule has 0 aliphatic heterocycles. The van der Waals surface area contributed by atoms with Gasteiger partial charge >= 0.3 is 13.6 Å².